The van der Waals surface area contributed by atoms with Crippen LogP contribution in [-0.4, -0.2) is 147 Å². The van der Waals surface area contributed by atoms with Crippen LogP contribution in [0.15, 0.2) is 18.3 Å². The van der Waals surface area contributed by atoms with Gasteiger partial charge in [-0.15, -0.1) is 5.10 Å². The topological polar surface area (TPSA) is 159 Å². The highest BCUT2D eigenvalue weighted by Gasteiger charge is 2.20. The molecule has 0 saturated carbocycles. The van der Waals surface area contributed by atoms with Crippen molar-refractivity contribution < 1.29 is 65.4 Å². The van der Waals surface area contributed by atoms with Gasteiger partial charge in [0, 0.05) is 0 Å². The van der Waals surface area contributed by atoms with E-state index in [1.54, 1.807) is 6.92 Å². The zero-order valence-electron chi connectivity index (χ0n) is 39.7. The standard InChI is InChI=1S/C46H83FN3O13P/c1-5-9-12-15-18-60-44-37-42(38-45(61-19-16-13-10-6-2)46(44)62-20-17-14-11-7-3)39-50-40-43(48-49-50)41-59-34-33-57-30-29-55-26-25-53-22-21-52-23-24-54-27-28-56-31-32-58-35-36-64(47,51)63-8-4/h37-38,40H,5-36,39,41H2,1-4H3. The lowest BCUT2D eigenvalue weighted by Gasteiger charge is -2.19. The van der Waals surface area contributed by atoms with Crippen LogP contribution in [0.2, 0.25) is 0 Å². The summed E-state index contributed by atoms with van der Waals surface area (Å²) in [5.41, 5.74) is 1.74. The number of ether oxygens (including phenoxy) is 11. The molecule has 16 nitrogen and oxygen atoms in total. The van der Waals surface area contributed by atoms with Crippen molar-refractivity contribution in [3.05, 3.63) is 29.6 Å². The van der Waals surface area contributed by atoms with Crippen molar-refractivity contribution in [1.82, 2.24) is 15.0 Å². The molecule has 0 aliphatic carbocycles. The van der Waals surface area contributed by atoms with E-state index in [-0.39, 0.29) is 26.0 Å². The molecule has 0 fully saturated rings. The van der Waals surface area contributed by atoms with Gasteiger partial charge in [-0.1, -0.05) is 83.8 Å². The number of hydrogen-bond donors (Lipinski definition) is 0. The van der Waals surface area contributed by atoms with Gasteiger partial charge in [-0.2, -0.15) is 4.20 Å². The molecule has 2 aromatic rings. The summed E-state index contributed by atoms with van der Waals surface area (Å²) in [6.45, 7) is 17.0. The highest BCUT2D eigenvalue weighted by molar-refractivity contribution is 7.53. The predicted molar refractivity (Wildman–Crippen MR) is 245 cm³/mol. The van der Waals surface area contributed by atoms with Gasteiger partial charge in [0.25, 0.3) is 0 Å². The van der Waals surface area contributed by atoms with E-state index in [0.717, 1.165) is 61.3 Å². The van der Waals surface area contributed by atoms with Crippen molar-refractivity contribution >= 4 is 7.68 Å². The molecular weight excluding hydrogens is 852 g/mol. The highest BCUT2D eigenvalue weighted by atomic mass is 31.2. The smallest absolute Gasteiger partial charge is 0.369 e. The first-order chi connectivity index (χ1) is 31.4. The molecule has 0 saturated heterocycles. The molecule has 64 heavy (non-hydrogen) atoms. The van der Waals surface area contributed by atoms with Crippen LogP contribution in [0.25, 0.3) is 0 Å². The van der Waals surface area contributed by atoms with Crippen molar-refractivity contribution in [3.8, 4) is 17.2 Å². The summed E-state index contributed by atoms with van der Waals surface area (Å²) in [6.07, 6.45) is 15.2. The van der Waals surface area contributed by atoms with E-state index in [2.05, 4.69) is 47.7 Å². The molecule has 18 heteroatoms. The molecule has 1 heterocycles. The van der Waals surface area contributed by atoms with E-state index in [1.165, 1.54) is 38.5 Å². The fourth-order valence-electron chi connectivity index (χ4n) is 6.02. The van der Waals surface area contributed by atoms with Gasteiger partial charge in [0.05, 0.1) is 151 Å². The van der Waals surface area contributed by atoms with Crippen LogP contribution in [-0.2, 0) is 60.1 Å². The molecule has 0 aliphatic rings. The van der Waals surface area contributed by atoms with E-state index >= 15 is 0 Å². The van der Waals surface area contributed by atoms with Gasteiger partial charge in [0.1, 0.15) is 5.69 Å². The van der Waals surface area contributed by atoms with E-state index < -0.39 is 7.68 Å². The van der Waals surface area contributed by atoms with Crippen LogP contribution in [0, 0.1) is 0 Å². The Labute approximate surface area is 383 Å². The molecule has 1 atom stereocenters. The van der Waals surface area contributed by atoms with Crippen LogP contribution in [0.5, 0.6) is 17.2 Å². The highest BCUT2D eigenvalue weighted by Crippen LogP contribution is 2.48. The molecule has 0 bridgehead atoms. The Balaban J connectivity index is 1.56. The van der Waals surface area contributed by atoms with Crippen molar-refractivity contribution in [2.24, 2.45) is 0 Å². The summed E-state index contributed by atoms with van der Waals surface area (Å²) >= 11 is 0. The van der Waals surface area contributed by atoms with Crippen molar-refractivity contribution in [2.45, 2.75) is 118 Å². The van der Waals surface area contributed by atoms with Crippen LogP contribution in [0.4, 0.5) is 4.20 Å². The maximum absolute atomic E-state index is 13.4. The molecule has 1 unspecified atom stereocenters. The number of nitrogens with zero attached hydrogens (tertiary/aromatic N) is 3. The quantitative estimate of drug-likeness (QED) is 0.0457. The molecular formula is C46H83FN3O13P. The van der Waals surface area contributed by atoms with Crippen LogP contribution in [0.1, 0.15) is 116 Å². The Bertz CT molecular complexity index is 1380. The van der Waals surface area contributed by atoms with Gasteiger partial charge in [-0.25, -0.2) is 4.68 Å². The SMILES string of the molecule is CCCCCCOc1cc(Cn2cc(COCCOCCOCCOCCOCCOCCOCCOCCP(=O)(F)OCC)nn2)cc(OCCCCCC)c1OCCCCCC. The summed E-state index contributed by atoms with van der Waals surface area (Å²) in [5, 5.41) is 8.69. The lowest BCUT2D eigenvalue weighted by Crippen LogP contribution is -2.15. The third-order valence-corrected chi connectivity index (χ3v) is 10.8. The van der Waals surface area contributed by atoms with Gasteiger partial charge < -0.3 is 56.6 Å². The first-order valence-electron chi connectivity index (χ1n) is 23.9. The van der Waals surface area contributed by atoms with Crippen molar-refractivity contribution in [3.63, 3.8) is 0 Å². The van der Waals surface area contributed by atoms with Crippen molar-refractivity contribution in [2.75, 3.05) is 132 Å². The molecule has 0 aliphatic heterocycles. The maximum atomic E-state index is 13.4. The lowest BCUT2D eigenvalue weighted by atomic mass is 10.1. The maximum Gasteiger partial charge on any atom is 0.369 e. The molecule has 0 radical (unpaired) electrons. The van der Waals surface area contributed by atoms with Crippen LogP contribution < -0.4 is 14.2 Å². The van der Waals surface area contributed by atoms with Gasteiger partial charge in [-0.3, -0.25) is 4.57 Å². The Morgan fingerprint density at radius 3 is 1.34 bits per heavy atom. The van der Waals surface area contributed by atoms with Gasteiger partial charge in [0.2, 0.25) is 5.75 Å². The summed E-state index contributed by atoms with van der Waals surface area (Å²) in [5.74, 6) is 2.16. The average Bonchev–Trinajstić information content (AvgIpc) is 3.73. The molecule has 0 amide bonds. The second-order valence-corrected chi connectivity index (χ2v) is 17.0. The fourth-order valence-corrected chi connectivity index (χ4v) is 6.88. The monoisotopic (exact) mass is 936 g/mol. The van der Waals surface area contributed by atoms with Crippen LogP contribution >= 0.6 is 7.68 Å². The zero-order valence-corrected chi connectivity index (χ0v) is 40.6. The molecule has 2 rings (SSSR count). The Morgan fingerprint density at radius 1 is 0.516 bits per heavy atom. The number of halogens is 1. The Morgan fingerprint density at radius 2 is 0.922 bits per heavy atom. The van der Waals surface area contributed by atoms with Gasteiger partial charge >= 0.3 is 7.68 Å². The van der Waals surface area contributed by atoms with Gasteiger partial charge in [-0.05, 0) is 43.9 Å². The Kier molecular flexibility index (Phi) is 36.8. The van der Waals surface area contributed by atoms with E-state index in [0.29, 0.717) is 125 Å². The van der Waals surface area contributed by atoms with E-state index in [4.69, 9.17) is 52.1 Å². The minimum atomic E-state index is -4.04. The third-order valence-electron chi connectivity index (χ3n) is 9.45. The molecule has 0 N–H and O–H groups in total. The molecule has 0 spiro atoms. The zero-order chi connectivity index (χ0) is 46.0. The lowest BCUT2D eigenvalue weighted by molar-refractivity contribution is -0.0234. The minimum Gasteiger partial charge on any atom is -0.490 e. The second-order valence-electron chi connectivity index (χ2n) is 15.1. The first kappa shape index (κ1) is 57.7. The molecule has 372 valence electrons. The fraction of sp³-hybridized carbons (Fsp3) is 0.826. The molecule has 1 aromatic heterocycles. The number of unbranched alkanes of at least 4 members (excludes halogenated alkanes) is 9. The predicted octanol–water partition coefficient (Wildman–Crippen LogP) is 9.04. The van der Waals surface area contributed by atoms with E-state index in [9.17, 15) is 8.76 Å². The van der Waals surface area contributed by atoms with Crippen molar-refractivity contribution in [1.29, 1.82) is 0 Å². The summed E-state index contributed by atoms with van der Waals surface area (Å²) in [4.78, 5) is 0. The normalized spacial score (nSPS) is 12.5. The van der Waals surface area contributed by atoms with Crippen LogP contribution in [0.3, 0.4) is 0 Å². The number of rotatable bonds is 48. The first-order valence-corrected chi connectivity index (χ1v) is 25.6. The summed E-state index contributed by atoms with van der Waals surface area (Å²) in [6, 6.07) is 4.11. The number of hydrogen-bond acceptors (Lipinski definition) is 15. The number of aromatic nitrogens is 3. The minimum absolute atomic E-state index is 0.0200. The average molecular weight is 936 g/mol. The number of benzene rings is 1. The third kappa shape index (κ3) is 31.5. The summed E-state index contributed by atoms with van der Waals surface area (Å²) < 4.78 is 94.3. The Hall–Kier alpha value is -2.44. The molecule has 1 aromatic carbocycles. The summed E-state index contributed by atoms with van der Waals surface area (Å²) in [7, 11) is -4.04. The van der Waals surface area contributed by atoms with Gasteiger partial charge in [0.15, 0.2) is 11.5 Å². The van der Waals surface area contributed by atoms with E-state index in [1.807, 2.05) is 10.9 Å². The second kappa shape index (κ2) is 40.8. The largest absolute Gasteiger partial charge is 0.490 e.